The molecule has 100 valence electrons. The lowest BCUT2D eigenvalue weighted by Gasteiger charge is -2.16. The Balaban J connectivity index is 2.06. The molecule has 0 fully saturated rings. The molecular formula is C15H14F2OS. The second kappa shape index (κ2) is 6.57. The molecule has 4 heteroatoms. The van der Waals surface area contributed by atoms with Crippen LogP contribution in [0.2, 0.25) is 0 Å². The molecule has 0 spiro atoms. The van der Waals surface area contributed by atoms with Crippen molar-refractivity contribution in [2.24, 2.45) is 0 Å². The summed E-state index contributed by atoms with van der Waals surface area (Å²) in [6, 6.07) is 12.9. The van der Waals surface area contributed by atoms with Gasteiger partial charge in [0.15, 0.2) is 11.6 Å². The van der Waals surface area contributed by atoms with Crippen LogP contribution in [-0.4, -0.2) is 12.4 Å². The van der Waals surface area contributed by atoms with Gasteiger partial charge in [0.05, 0.1) is 6.61 Å². The van der Waals surface area contributed by atoms with Crippen LogP contribution in [0.5, 0.6) is 5.75 Å². The first-order valence-electron chi connectivity index (χ1n) is 5.94. The van der Waals surface area contributed by atoms with E-state index in [1.165, 1.54) is 0 Å². The summed E-state index contributed by atoms with van der Waals surface area (Å²) >= 11 is 4.27. The smallest absolute Gasteiger partial charge is 0.165 e. The fraction of sp³-hybridized carbons (Fsp3) is 0.200. The SMILES string of the molecule is Fc1ccc(F)c(OCC(CS)c2ccccc2)c1. The molecule has 2 aromatic carbocycles. The van der Waals surface area contributed by atoms with Crippen molar-refractivity contribution in [2.45, 2.75) is 5.92 Å². The third kappa shape index (κ3) is 3.70. The summed E-state index contributed by atoms with van der Waals surface area (Å²) in [5.41, 5.74) is 1.06. The lowest BCUT2D eigenvalue weighted by Crippen LogP contribution is -2.12. The van der Waals surface area contributed by atoms with Crippen LogP contribution in [0.1, 0.15) is 11.5 Å². The number of thiol groups is 1. The predicted molar refractivity (Wildman–Crippen MR) is 74.9 cm³/mol. The number of rotatable bonds is 5. The Morgan fingerprint density at radius 1 is 1.05 bits per heavy atom. The molecule has 0 radical (unpaired) electrons. The van der Waals surface area contributed by atoms with E-state index < -0.39 is 11.6 Å². The number of ether oxygens (including phenoxy) is 1. The van der Waals surface area contributed by atoms with Gasteiger partial charge in [0.1, 0.15) is 5.82 Å². The molecule has 0 N–H and O–H groups in total. The molecule has 0 aromatic heterocycles. The highest BCUT2D eigenvalue weighted by Gasteiger charge is 2.12. The van der Waals surface area contributed by atoms with E-state index >= 15 is 0 Å². The fourth-order valence-electron chi connectivity index (χ4n) is 1.76. The van der Waals surface area contributed by atoms with Crippen molar-refractivity contribution in [3.63, 3.8) is 0 Å². The molecule has 2 aromatic rings. The number of halogens is 2. The molecular weight excluding hydrogens is 266 g/mol. The highest BCUT2D eigenvalue weighted by atomic mass is 32.1. The molecule has 0 heterocycles. The van der Waals surface area contributed by atoms with Crippen molar-refractivity contribution in [3.05, 3.63) is 65.7 Å². The molecule has 0 saturated carbocycles. The number of hydrogen-bond acceptors (Lipinski definition) is 2. The Morgan fingerprint density at radius 3 is 2.47 bits per heavy atom. The molecule has 19 heavy (non-hydrogen) atoms. The van der Waals surface area contributed by atoms with E-state index in [4.69, 9.17) is 4.74 Å². The van der Waals surface area contributed by atoms with E-state index in [1.807, 2.05) is 30.3 Å². The maximum atomic E-state index is 13.4. The van der Waals surface area contributed by atoms with Gasteiger partial charge in [-0.1, -0.05) is 30.3 Å². The van der Waals surface area contributed by atoms with Crippen molar-refractivity contribution >= 4 is 12.6 Å². The second-order valence-electron chi connectivity index (χ2n) is 4.18. The predicted octanol–water partition coefficient (Wildman–Crippen LogP) is 4.06. The van der Waals surface area contributed by atoms with Gasteiger partial charge in [-0.2, -0.15) is 12.6 Å². The van der Waals surface area contributed by atoms with Crippen LogP contribution in [0, 0.1) is 11.6 Å². The minimum atomic E-state index is -0.563. The average Bonchev–Trinajstić information content (AvgIpc) is 2.44. The highest BCUT2D eigenvalue weighted by molar-refractivity contribution is 7.80. The first-order chi connectivity index (χ1) is 9.20. The molecule has 0 aliphatic carbocycles. The quantitative estimate of drug-likeness (QED) is 0.813. The van der Waals surface area contributed by atoms with E-state index in [2.05, 4.69) is 12.6 Å². The molecule has 1 nitrogen and oxygen atoms in total. The molecule has 0 bridgehead atoms. The zero-order valence-electron chi connectivity index (χ0n) is 10.2. The maximum Gasteiger partial charge on any atom is 0.165 e. The zero-order valence-corrected chi connectivity index (χ0v) is 11.1. The first-order valence-corrected chi connectivity index (χ1v) is 6.57. The van der Waals surface area contributed by atoms with Crippen molar-refractivity contribution < 1.29 is 13.5 Å². The molecule has 0 aliphatic rings. The second-order valence-corrected chi connectivity index (χ2v) is 4.54. The van der Waals surface area contributed by atoms with E-state index in [-0.39, 0.29) is 18.3 Å². The highest BCUT2D eigenvalue weighted by Crippen LogP contribution is 2.22. The molecule has 2 rings (SSSR count). The topological polar surface area (TPSA) is 9.23 Å². The molecule has 0 saturated heterocycles. The van der Waals surface area contributed by atoms with Crippen LogP contribution in [0.4, 0.5) is 8.78 Å². The van der Waals surface area contributed by atoms with Gasteiger partial charge in [-0.25, -0.2) is 8.78 Å². The average molecular weight is 280 g/mol. The van der Waals surface area contributed by atoms with Crippen LogP contribution in [0.3, 0.4) is 0 Å². The van der Waals surface area contributed by atoms with E-state index in [0.717, 1.165) is 23.8 Å². The summed E-state index contributed by atoms with van der Waals surface area (Å²) < 4.78 is 31.8. The third-order valence-corrected chi connectivity index (χ3v) is 3.27. The van der Waals surface area contributed by atoms with E-state index in [1.54, 1.807) is 0 Å². The minimum Gasteiger partial charge on any atom is -0.490 e. The van der Waals surface area contributed by atoms with Gasteiger partial charge < -0.3 is 4.74 Å². The van der Waals surface area contributed by atoms with Gasteiger partial charge in [-0.05, 0) is 17.7 Å². The Kier molecular flexibility index (Phi) is 4.80. The Morgan fingerprint density at radius 2 is 1.79 bits per heavy atom. The normalized spacial score (nSPS) is 12.2. The van der Waals surface area contributed by atoms with E-state index in [0.29, 0.717) is 5.75 Å². The van der Waals surface area contributed by atoms with Gasteiger partial charge in [0.25, 0.3) is 0 Å². The summed E-state index contributed by atoms with van der Waals surface area (Å²) in [5.74, 6) is -0.540. The van der Waals surface area contributed by atoms with Gasteiger partial charge in [-0.3, -0.25) is 0 Å². The molecule has 0 amide bonds. The van der Waals surface area contributed by atoms with Crippen molar-refractivity contribution in [2.75, 3.05) is 12.4 Å². The third-order valence-electron chi connectivity index (χ3n) is 2.82. The summed E-state index contributed by atoms with van der Waals surface area (Å²) in [6.07, 6.45) is 0. The maximum absolute atomic E-state index is 13.4. The monoisotopic (exact) mass is 280 g/mol. The van der Waals surface area contributed by atoms with Crippen LogP contribution < -0.4 is 4.74 Å². The number of hydrogen-bond donors (Lipinski definition) is 1. The summed E-state index contributed by atoms with van der Waals surface area (Å²) in [4.78, 5) is 0. The first kappa shape index (κ1) is 13.9. The van der Waals surface area contributed by atoms with Crippen LogP contribution in [-0.2, 0) is 0 Å². The standard InChI is InChI=1S/C15H14F2OS/c16-13-6-7-14(17)15(8-13)18-9-12(10-19)11-4-2-1-3-5-11/h1-8,12,19H,9-10H2. The zero-order chi connectivity index (χ0) is 13.7. The Hall–Kier alpha value is -1.55. The lowest BCUT2D eigenvalue weighted by atomic mass is 10.0. The summed E-state index contributed by atoms with van der Waals surface area (Å²) in [5, 5.41) is 0. The van der Waals surface area contributed by atoms with Crippen LogP contribution in [0.15, 0.2) is 48.5 Å². The minimum absolute atomic E-state index is 0.0344. The fourth-order valence-corrected chi connectivity index (χ4v) is 2.07. The Labute approximate surface area is 116 Å². The largest absolute Gasteiger partial charge is 0.490 e. The number of benzene rings is 2. The van der Waals surface area contributed by atoms with Gasteiger partial charge in [0.2, 0.25) is 0 Å². The van der Waals surface area contributed by atoms with Gasteiger partial charge >= 0.3 is 0 Å². The van der Waals surface area contributed by atoms with Crippen LogP contribution >= 0.6 is 12.6 Å². The molecule has 1 atom stereocenters. The van der Waals surface area contributed by atoms with Crippen molar-refractivity contribution in [3.8, 4) is 5.75 Å². The van der Waals surface area contributed by atoms with Crippen LogP contribution in [0.25, 0.3) is 0 Å². The lowest BCUT2D eigenvalue weighted by molar-refractivity contribution is 0.282. The van der Waals surface area contributed by atoms with Crippen molar-refractivity contribution in [1.82, 2.24) is 0 Å². The van der Waals surface area contributed by atoms with Crippen molar-refractivity contribution in [1.29, 1.82) is 0 Å². The summed E-state index contributed by atoms with van der Waals surface area (Å²) in [7, 11) is 0. The molecule has 1 unspecified atom stereocenters. The van der Waals surface area contributed by atoms with Gasteiger partial charge in [-0.15, -0.1) is 0 Å². The Bertz CT molecular complexity index is 531. The molecule has 0 aliphatic heterocycles. The summed E-state index contributed by atoms with van der Waals surface area (Å²) in [6.45, 7) is 0.258. The van der Waals surface area contributed by atoms with E-state index in [9.17, 15) is 8.78 Å². The van der Waals surface area contributed by atoms with Gasteiger partial charge in [0, 0.05) is 17.7 Å².